The van der Waals surface area contributed by atoms with Crippen LogP contribution in [0.25, 0.3) is 0 Å². The maximum absolute atomic E-state index is 11.1. The van der Waals surface area contributed by atoms with Gasteiger partial charge in [0.2, 0.25) is 0 Å². The highest BCUT2D eigenvalue weighted by Gasteiger charge is 2.16. The standard InChI is InChI=1S/C22H26N2O/c1-16(21-9-5-8-19(21)15-25)24-20-13-12-18(22(23)14-20)11-10-17-6-3-2-4-7-17/h2-4,6,12-15,17,24H,1,5,7-11,23H2. The molecule has 0 saturated carbocycles. The zero-order valence-corrected chi connectivity index (χ0v) is 14.6. The largest absolute Gasteiger partial charge is 0.398 e. The van der Waals surface area contributed by atoms with Crippen LogP contribution in [0.1, 0.15) is 37.7 Å². The average Bonchev–Trinajstić information content (AvgIpc) is 3.11. The van der Waals surface area contributed by atoms with Gasteiger partial charge in [0.15, 0.2) is 0 Å². The lowest BCUT2D eigenvalue weighted by atomic mass is 9.93. The molecular weight excluding hydrogens is 308 g/mol. The molecule has 3 N–H and O–H groups in total. The Morgan fingerprint density at radius 1 is 1.32 bits per heavy atom. The second kappa shape index (κ2) is 8.02. The van der Waals surface area contributed by atoms with Crippen LogP contribution in [0.3, 0.4) is 0 Å². The zero-order valence-electron chi connectivity index (χ0n) is 14.6. The summed E-state index contributed by atoms with van der Waals surface area (Å²) in [5.74, 6) is 0.609. The molecule has 1 atom stereocenters. The Bertz CT molecular complexity index is 755. The second-order valence-corrected chi connectivity index (χ2v) is 6.84. The van der Waals surface area contributed by atoms with Crippen molar-refractivity contribution in [2.24, 2.45) is 5.92 Å². The number of aldehydes is 1. The average molecular weight is 334 g/mol. The third-order valence-corrected chi connectivity index (χ3v) is 5.06. The molecule has 1 aromatic carbocycles. The van der Waals surface area contributed by atoms with Crippen molar-refractivity contribution in [3.63, 3.8) is 0 Å². The maximum atomic E-state index is 11.1. The van der Waals surface area contributed by atoms with Crippen LogP contribution < -0.4 is 11.1 Å². The number of carbonyl (C=O) groups excluding carboxylic acids is 1. The highest BCUT2D eigenvalue weighted by molar-refractivity contribution is 5.78. The van der Waals surface area contributed by atoms with Gasteiger partial charge in [0, 0.05) is 17.1 Å². The lowest BCUT2D eigenvalue weighted by Gasteiger charge is -2.16. The fraction of sp³-hybridized carbons (Fsp3) is 0.318. The first-order valence-electron chi connectivity index (χ1n) is 9.02. The number of nitrogens with two attached hydrogens (primary N) is 1. The van der Waals surface area contributed by atoms with Crippen molar-refractivity contribution < 1.29 is 4.79 Å². The molecule has 1 aromatic rings. The van der Waals surface area contributed by atoms with Gasteiger partial charge >= 0.3 is 0 Å². The first kappa shape index (κ1) is 17.3. The van der Waals surface area contributed by atoms with Crippen molar-refractivity contribution in [2.75, 3.05) is 11.1 Å². The van der Waals surface area contributed by atoms with Gasteiger partial charge in [0.1, 0.15) is 6.29 Å². The number of anilines is 2. The topological polar surface area (TPSA) is 55.1 Å². The molecule has 0 fully saturated rings. The molecule has 3 rings (SSSR count). The van der Waals surface area contributed by atoms with E-state index in [-0.39, 0.29) is 0 Å². The summed E-state index contributed by atoms with van der Waals surface area (Å²) in [4.78, 5) is 11.1. The van der Waals surface area contributed by atoms with E-state index in [0.717, 1.165) is 73.0 Å². The zero-order chi connectivity index (χ0) is 17.6. The van der Waals surface area contributed by atoms with Crippen molar-refractivity contribution in [2.45, 2.75) is 38.5 Å². The minimum Gasteiger partial charge on any atom is -0.398 e. The lowest BCUT2D eigenvalue weighted by molar-refractivity contribution is -0.105. The van der Waals surface area contributed by atoms with Gasteiger partial charge in [-0.15, -0.1) is 0 Å². The quantitative estimate of drug-likeness (QED) is 0.548. The molecule has 25 heavy (non-hydrogen) atoms. The Morgan fingerprint density at radius 3 is 2.92 bits per heavy atom. The van der Waals surface area contributed by atoms with E-state index < -0.39 is 0 Å². The molecule has 0 bridgehead atoms. The number of aryl methyl sites for hydroxylation is 1. The number of benzene rings is 1. The van der Waals surface area contributed by atoms with Crippen LogP contribution in [0.5, 0.6) is 0 Å². The Kier molecular flexibility index (Phi) is 5.54. The van der Waals surface area contributed by atoms with Gasteiger partial charge in [-0.3, -0.25) is 4.79 Å². The number of rotatable bonds is 7. The summed E-state index contributed by atoms with van der Waals surface area (Å²) >= 11 is 0. The third kappa shape index (κ3) is 4.30. The van der Waals surface area contributed by atoms with E-state index in [4.69, 9.17) is 5.73 Å². The summed E-state index contributed by atoms with van der Waals surface area (Å²) in [5, 5.41) is 3.31. The summed E-state index contributed by atoms with van der Waals surface area (Å²) in [6, 6.07) is 6.10. The molecule has 3 heteroatoms. The van der Waals surface area contributed by atoms with Crippen molar-refractivity contribution >= 4 is 17.7 Å². The molecule has 130 valence electrons. The normalized spacial score (nSPS) is 19.3. The fourth-order valence-corrected chi connectivity index (χ4v) is 3.58. The van der Waals surface area contributed by atoms with Gasteiger partial charge in [0.05, 0.1) is 0 Å². The van der Waals surface area contributed by atoms with Crippen LogP contribution in [0.15, 0.2) is 65.9 Å². The summed E-state index contributed by atoms with van der Waals surface area (Å²) in [6.45, 7) is 4.10. The molecule has 3 nitrogen and oxygen atoms in total. The number of hydrogen-bond acceptors (Lipinski definition) is 3. The van der Waals surface area contributed by atoms with Crippen LogP contribution in [-0.4, -0.2) is 6.29 Å². The molecule has 0 spiro atoms. The van der Waals surface area contributed by atoms with E-state index >= 15 is 0 Å². The highest BCUT2D eigenvalue weighted by atomic mass is 16.1. The van der Waals surface area contributed by atoms with Crippen molar-refractivity contribution in [1.82, 2.24) is 0 Å². The highest BCUT2D eigenvalue weighted by Crippen LogP contribution is 2.31. The van der Waals surface area contributed by atoms with Gasteiger partial charge < -0.3 is 11.1 Å². The van der Waals surface area contributed by atoms with Gasteiger partial charge in [-0.1, -0.05) is 36.9 Å². The SMILES string of the molecule is C=C(Nc1ccc(CCC2C=CC=CC2)c(N)c1)C1=C(C=O)CCC1. The predicted octanol–water partition coefficient (Wildman–Crippen LogP) is 4.94. The van der Waals surface area contributed by atoms with Crippen molar-refractivity contribution in [1.29, 1.82) is 0 Å². The Hall–Kier alpha value is -2.55. The molecule has 0 radical (unpaired) electrons. The molecule has 1 unspecified atom stereocenters. The number of hydrogen-bond donors (Lipinski definition) is 2. The Labute approximate surface area is 150 Å². The number of nitrogens with one attached hydrogen (secondary N) is 1. The first-order valence-corrected chi connectivity index (χ1v) is 9.02. The predicted molar refractivity (Wildman–Crippen MR) is 105 cm³/mol. The van der Waals surface area contributed by atoms with Crippen LogP contribution in [0.4, 0.5) is 11.4 Å². The van der Waals surface area contributed by atoms with Gasteiger partial charge in [-0.2, -0.15) is 0 Å². The number of carbonyl (C=O) groups is 1. The first-order chi connectivity index (χ1) is 12.2. The van der Waals surface area contributed by atoms with Gasteiger partial charge in [-0.25, -0.2) is 0 Å². The van der Waals surface area contributed by atoms with E-state index in [2.05, 4.69) is 42.3 Å². The van der Waals surface area contributed by atoms with E-state index in [1.54, 1.807) is 0 Å². The molecule has 2 aliphatic rings. The molecule has 0 amide bonds. The molecule has 0 saturated heterocycles. The van der Waals surface area contributed by atoms with E-state index in [9.17, 15) is 4.79 Å². The van der Waals surface area contributed by atoms with E-state index in [0.29, 0.717) is 5.92 Å². The molecule has 2 aliphatic carbocycles. The summed E-state index contributed by atoms with van der Waals surface area (Å²) in [5.41, 5.74) is 11.9. The van der Waals surface area contributed by atoms with Crippen molar-refractivity contribution in [3.05, 3.63) is 71.5 Å². The maximum Gasteiger partial charge on any atom is 0.146 e. The fourth-order valence-electron chi connectivity index (χ4n) is 3.58. The molecule has 0 heterocycles. The van der Waals surface area contributed by atoms with Gasteiger partial charge in [-0.05, 0) is 73.3 Å². The van der Waals surface area contributed by atoms with Crippen molar-refractivity contribution in [3.8, 4) is 0 Å². The minimum absolute atomic E-state index is 0.609. The van der Waals surface area contributed by atoms with Crippen LogP contribution >= 0.6 is 0 Å². The minimum atomic E-state index is 0.609. The number of allylic oxidation sites excluding steroid dienone is 6. The van der Waals surface area contributed by atoms with Crippen LogP contribution in [0.2, 0.25) is 0 Å². The molecule has 0 aromatic heterocycles. The smallest absolute Gasteiger partial charge is 0.146 e. The third-order valence-electron chi connectivity index (χ3n) is 5.06. The van der Waals surface area contributed by atoms with Crippen LogP contribution in [0, 0.1) is 5.92 Å². The van der Waals surface area contributed by atoms with E-state index in [1.165, 1.54) is 5.56 Å². The van der Waals surface area contributed by atoms with Gasteiger partial charge in [0.25, 0.3) is 0 Å². The monoisotopic (exact) mass is 334 g/mol. The molecular formula is C22H26N2O. The Morgan fingerprint density at radius 2 is 2.20 bits per heavy atom. The summed E-state index contributed by atoms with van der Waals surface area (Å²) < 4.78 is 0. The number of nitrogen functional groups attached to an aromatic ring is 1. The summed E-state index contributed by atoms with van der Waals surface area (Å²) in [7, 11) is 0. The Balaban J connectivity index is 1.61. The second-order valence-electron chi connectivity index (χ2n) is 6.84. The summed E-state index contributed by atoms with van der Waals surface area (Å²) in [6.07, 6.45) is 15.7. The lowest BCUT2D eigenvalue weighted by Crippen LogP contribution is -2.05. The molecule has 0 aliphatic heterocycles. The van der Waals surface area contributed by atoms with Crippen LogP contribution in [-0.2, 0) is 11.2 Å². The van der Waals surface area contributed by atoms with E-state index in [1.807, 2.05) is 12.1 Å².